The molecule has 0 amide bonds. The van der Waals surface area contributed by atoms with Crippen molar-refractivity contribution < 1.29 is 4.92 Å². The third kappa shape index (κ3) is 1.53. The number of hydrogen-bond donors (Lipinski definition) is 0. The minimum atomic E-state index is -0.457. The van der Waals surface area contributed by atoms with Crippen LogP contribution in [0.4, 0.5) is 5.69 Å². The Bertz CT molecular complexity index is 554. The summed E-state index contributed by atoms with van der Waals surface area (Å²) < 4.78 is 0. The maximum atomic E-state index is 10.7. The molecule has 0 unspecified atom stereocenters. The van der Waals surface area contributed by atoms with Crippen molar-refractivity contribution in [3.8, 4) is 0 Å². The fraction of sp³-hybridized carbons (Fsp3) is 0.100. The predicted molar refractivity (Wildman–Crippen MR) is 58.1 cm³/mol. The first kappa shape index (κ1) is 9.86. The molecule has 2 aromatic rings. The van der Waals surface area contributed by atoms with Gasteiger partial charge in [-0.05, 0) is 12.5 Å². The lowest BCUT2D eigenvalue weighted by molar-refractivity contribution is -0.383. The number of fused-ring (bicyclic) bond motifs is 1. The van der Waals surface area contributed by atoms with Crippen LogP contribution < -0.4 is 0 Å². The van der Waals surface area contributed by atoms with Crippen LogP contribution in [0, 0.1) is 17.0 Å². The number of benzene rings is 1. The summed E-state index contributed by atoms with van der Waals surface area (Å²) in [5, 5.41) is 11.9. The van der Waals surface area contributed by atoms with Crippen LogP contribution in [0.2, 0.25) is 5.02 Å². The molecule has 0 fully saturated rings. The van der Waals surface area contributed by atoms with Gasteiger partial charge in [0.15, 0.2) is 0 Å². The van der Waals surface area contributed by atoms with Crippen LogP contribution in [0.25, 0.3) is 10.9 Å². The highest BCUT2D eigenvalue weighted by atomic mass is 35.5. The number of aryl methyl sites for hydroxylation is 1. The van der Waals surface area contributed by atoms with E-state index < -0.39 is 4.92 Å². The van der Waals surface area contributed by atoms with Gasteiger partial charge >= 0.3 is 0 Å². The van der Waals surface area contributed by atoms with Crippen molar-refractivity contribution in [1.29, 1.82) is 0 Å². The Kier molecular flexibility index (Phi) is 2.28. The quantitative estimate of drug-likeness (QED) is 0.550. The molecule has 76 valence electrons. The normalized spacial score (nSPS) is 10.5. The van der Waals surface area contributed by atoms with Gasteiger partial charge in [0.2, 0.25) is 0 Å². The number of aromatic nitrogens is 1. The van der Waals surface area contributed by atoms with E-state index in [1.54, 1.807) is 12.1 Å². The predicted octanol–water partition coefficient (Wildman–Crippen LogP) is 3.10. The Morgan fingerprint density at radius 1 is 1.47 bits per heavy atom. The number of rotatable bonds is 1. The van der Waals surface area contributed by atoms with Gasteiger partial charge in [0.1, 0.15) is 5.52 Å². The molecule has 1 heterocycles. The van der Waals surface area contributed by atoms with E-state index >= 15 is 0 Å². The molecule has 1 aromatic carbocycles. The van der Waals surface area contributed by atoms with E-state index in [9.17, 15) is 10.1 Å². The Balaban J connectivity index is 2.89. The zero-order chi connectivity index (χ0) is 11.0. The first-order valence-electron chi connectivity index (χ1n) is 4.29. The molecule has 1 aromatic heterocycles. The fourth-order valence-electron chi connectivity index (χ4n) is 1.42. The van der Waals surface area contributed by atoms with Gasteiger partial charge in [-0.25, -0.2) is 4.98 Å². The summed E-state index contributed by atoms with van der Waals surface area (Å²) in [4.78, 5) is 14.3. The second-order valence-electron chi connectivity index (χ2n) is 3.19. The average Bonchev–Trinajstić information content (AvgIpc) is 2.23. The van der Waals surface area contributed by atoms with Crippen molar-refractivity contribution >= 4 is 28.2 Å². The Labute approximate surface area is 90.7 Å². The van der Waals surface area contributed by atoms with Crippen LogP contribution >= 0.6 is 11.6 Å². The maximum Gasteiger partial charge on any atom is 0.295 e. The van der Waals surface area contributed by atoms with Crippen LogP contribution in [0.5, 0.6) is 0 Å². The SMILES string of the molecule is Cc1cnc2c([N+](=O)[O-])cccc2c1Cl. The van der Waals surface area contributed by atoms with Crippen LogP contribution in [0.3, 0.4) is 0 Å². The van der Waals surface area contributed by atoms with Crippen LogP contribution in [-0.2, 0) is 0 Å². The molecule has 0 N–H and O–H groups in total. The zero-order valence-corrected chi connectivity index (χ0v) is 8.65. The highest BCUT2D eigenvalue weighted by Gasteiger charge is 2.14. The summed E-state index contributed by atoms with van der Waals surface area (Å²) >= 11 is 6.04. The van der Waals surface area contributed by atoms with Crippen molar-refractivity contribution in [3.05, 3.63) is 45.1 Å². The zero-order valence-electron chi connectivity index (χ0n) is 7.90. The average molecular weight is 223 g/mol. The van der Waals surface area contributed by atoms with Crippen molar-refractivity contribution in [2.45, 2.75) is 6.92 Å². The third-order valence-corrected chi connectivity index (χ3v) is 2.68. The lowest BCUT2D eigenvalue weighted by Crippen LogP contribution is -1.92. The molecule has 0 aliphatic heterocycles. The summed E-state index contributed by atoms with van der Waals surface area (Å²) in [5.41, 5.74) is 1.12. The monoisotopic (exact) mass is 222 g/mol. The lowest BCUT2D eigenvalue weighted by Gasteiger charge is -2.02. The molecule has 0 radical (unpaired) electrons. The second kappa shape index (κ2) is 3.47. The largest absolute Gasteiger partial charge is 0.295 e. The number of nitro groups is 1. The van der Waals surface area contributed by atoms with Gasteiger partial charge in [0.05, 0.1) is 9.95 Å². The molecule has 0 aliphatic carbocycles. The summed E-state index contributed by atoms with van der Waals surface area (Å²) in [7, 11) is 0. The van der Waals surface area contributed by atoms with Gasteiger partial charge in [-0.1, -0.05) is 23.7 Å². The standard InChI is InChI=1S/C10H7ClN2O2/c1-6-5-12-10-7(9(6)11)3-2-4-8(10)13(14)15/h2-5H,1H3. The van der Waals surface area contributed by atoms with Crippen molar-refractivity contribution in [1.82, 2.24) is 4.98 Å². The molecule has 15 heavy (non-hydrogen) atoms. The maximum absolute atomic E-state index is 10.7. The molecule has 0 atom stereocenters. The van der Waals surface area contributed by atoms with Crippen molar-refractivity contribution in [3.63, 3.8) is 0 Å². The van der Waals surface area contributed by atoms with E-state index in [4.69, 9.17) is 11.6 Å². The third-order valence-electron chi connectivity index (χ3n) is 2.18. The molecule has 0 saturated carbocycles. The van der Waals surface area contributed by atoms with E-state index in [-0.39, 0.29) is 5.69 Å². The summed E-state index contributed by atoms with van der Waals surface area (Å²) in [6.07, 6.45) is 1.54. The molecule has 0 saturated heterocycles. The van der Waals surface area contributed by atoms with E-state index in [2.05, 4.69) is 4.98 Å². The van der Waals surface area contributed by atoms with Gasteiger partial charge in [-0.15, -0.1) is 0 Å². The first-order chi connectivity index (χ1) is 7.11. The lowest BCUT2D eigenvalue weighted by atomic mass is 10.1. The number of non-ortho nitro benzene ring substituents is 1. The van der Waals surface area contributed by atoms with Gasteiger partial charge in [0.25, 0.3) is 5.69 Å². The Morgan fingerprint density at radius 2 is 2.20 bits per heavy atom. The van der Waals surface area contributed by atoms with Crippen molar-refractivity contribution in [2.24, 2.45) is 0 Å². The molecule has 2 rings (SSSR count). The van der Waals surface area contributed by atoms with Crippen LogP contribution in [0.1, 0.15) is 5.56 Å². The number of para-hydroxylation sites is 1. The van der Waals surface area contributed by atoms with Gasteiger partial charge in [-0.3, -0.25) is 10.1 Å². The van der Waals surface area contributed by atoms with E-state index in [0.29, 0.717) is 15.9 Å². The Morgan fingerprint density at radius 3 is 2.87 bits per heavy atom. The highest BCUT2D eigenvalue weighted by Crippen LogP contribution is 2.30. The van der Waals surface area contributed by atoms with Crippen LogP contribution in [-0.4, -0.2) is 9.91 Å². The number of halogens is 1. The summed E-state index contributed by atoms with van der Waals surface area (Å²) in [6, 6.07) is 4.75. The fourth-order valence-corrected chi connectivity index (χ4v) is 1.62. The smallest absolute Gasteiger partial charge is 0.258 e. The first-order valence-corrected chi connectivity index (χ1v) is 4.67. The summed E-state index contributed by atoms with van der Waals surface area (Å²) in [5.74, 6) is 0. The molecule has 0 spiro atoms. The molecule has 4 nitrogen and oxygen atoms in total. The van der Waals surface area contributed by atoms with Crippen molar-refractivity contribution in [2.75, 3.05) is 0 Å². The molecule has 5 heteroatoms. The molecular formula is C10H7ClN2O2. The number of nitro benzene ring substituents is 1. The number of nitrogens with zero attached hydrogens (tertiary/aromatic N) is 2. The molecule has 0 bridgehead atoms. The Hall–Kier alpha value is -1.68. The van der Waals surface area contributed by atoms with Gasteiger partial charge in [0, 0.05) is 17.6 Å². The minimum absolute atomic E-state index is 0.0191. The van der Waals surface area contributed by atoms with E-state index in [0.717, 1.165) is 5.56 Å². The van der Waals surface area contributed by atoms with Crippen LogP contribution in [0.15, 0.2) is 24.4 Å². The highest BCUT2D eigenvalue weighted by molar-refractivity contribution is 6.36. The summed E-state index contributed by atoms with van der Waals surface area (Å²) in [6.45, 7) is 1.81. The molecular weight excluding hydrogens is 216 g/mol. The second-order valence-corrected chi connectivity index (χ2v) is 3.56. The van der Waals surface area contributed by atoms with Gasteiger partial charge in [-0.2, -0.15) is 0 Å². The number of pyridine rings is 1. The minimum Gasteiger partial charge on any atom is -0.258 e. The van der Waals surface area contributed by atoms with E-state index in [1.807, 2.05) is 6.92 Å². The van der Waals surface area contributed by atoms with Gasteiger partial charge < -0.3 is 0 Å². The molecule has 0 aliphatic rings. The van der Waals surface area contributed by atoms with E-state index in [1.165, 1.54) is 12.3 Å². The topological polar surface area (TPSA) is 56.0 Å². The number of hydrogen-bond acceptors (Lipinski definition) is 3.